The zero-order chi connectivity index (χ0) is 23.8. The molecule has 1 atom stereocenters. The van der Waals surface area contributed by atoms with Crippen molar-refractivity contribution in [2.75, 3.05) is 62.8 Å². The van der Waals surface area contributed by atoms with Gasteiger partial charge in [0.15, 0.2) is 0 Å². The molecule has 2 aliphatic heterocycles. The van der Waals surface area contributed by atoms with E-state index in [1.165, 1.54) is 11.3 Å². The van der Waals surface area contributed by atoms with Gasteiger partial charge >= 0.3 is 0 Å². The molecular weight excluding hydrogens is 456 g/mol. The molecule has 2 aliphatic rings. The number of furan rings is 1. The molecular formula is C23H34N6O4S. The van der Waals surface area contributed by atoms with Crippen LogP contribution in [0.15, 0.2) is 22.8 Å². The smallest absolute Gasteiger partial charge is 0.228 e. The van der Waals surface area contributed by atoms with Gasteiger partial charge in [-0.3, -0.25) is 19.4 Å². The topological polar surface area (TPSA) is 104 Å². The number of nitrogens with zero attached hydrogens (tertiary/aromatic N) is 5. The van der Waals surface area contributed by atoms with Crippen LogP contribution in [0, 0.1) is 5.92 Å². The maximum Gasteiger partial charge on any atom is 0.228 e. The average Bonchev–Trinajstić information content (AvgIpc) is 3.61. The lowest BCUT2D eigenvalue weighted by Crippen LogP contribution is -2.44. The Kier molecular flexibility index (Phi) is 8.89. The largest absolute Gasteiger partial charge is 0.468 e. The Hall–Kier alpha value is -2.50. The Morgan fingerprint density at radius 1 is 1.29 bits per heavy atom. The number of hydrogen-bond donors (Lipinski definition) is 1. The minimum atomic E-state index is -0.0819. The fourth-order valence-electron chi connectivity index (χ4n) is 4.47. The number of ether oxygens (including phenoxy) is 1. The number of amides is 2. The third kappa shape index (κ3) is 6.55. The molecule has 34 heavy (non-hydrogen) atoms. The molecule has 0 aromatic carbocycles. The minimum absolute atomic E-state index is 0.0819. The molecule has 0 saturated carbocycles. The zero-order valence-corrected chi connectivity index (χ0v) is 20.6. The Balaban J connectivity index is 1.25. The van der Waals surface area contributed by atoms with Gasteiger partial charge in [-0.25, -0.2) is 0 Å². The highest BCUT2D eigenvalue weighted by atomic mass is 32.1. The van der Waals surface area contributed by atoms with Crippen molar-refractivity contribution < 1.29 is 18.7 Å². The number of carbonyl (C=O) groups excluding carboxylic acids is 2. The van der Waals surface area contributed by atoms with Crippen molar-refractivity contribution in [3.8, 4) is 0 Å². The molecule has 2 aromatic heterocycles. The lowest BCUT2D eigenvalue weighted by molar-refractivity contribution is -0.125. The van der Waals surface area contributed by atoms with E-state index in [9.17, 15) is 9.59 Å². The standard InChI is InChI=1S/C23H34N6O4S/c1-32-14-5-10-27(17-19-7-4-15-33-19)13-9-24-21(31)18-6-2-11-28(16-18)22-25-26-23(34-22)29-12-3-8-20(29)30/h4,7,15,18H,2-3,5-6,8-14,16-17H2,1H3,(H,24,31)/t18-/m1/s1. The highest BCUT2D eigenvalue weighted by Gasteiger charge is 2.30. The first-order chi connectivity index (χ1) is 16.6. The average molecular weight is 491 g/mol. The van der Waals surface area contributed by atoms with Crippen LogP contribution in [0.4, 0.5) is 10.3 Å². The maximum absolute atomic E-state index is 12.9. The summed E-state index contributed by atoms with van der Waals surface area (Å²) in [6.07, 6.45) is 5.84. The van der Waals surface area contributed by atoms with Crippen LogP contribution in [0.3, 0.4) is 0 Å². The van der Waals surface area contributed by atoms with E-state index in [4.69, 9.17) is 9.15 Å². The maximum atomic E-state index is 12.9. The predicted molar refractivity (Wildman–Crippen MR) is 130 cm³/mol. The van der Waals surface area contributed by atoms with Crippen molar-refractivity contribution in [3.63, 3.8) is 0 Å². The van der Waals surface area contributed by atoms with E-state index in [-0.39, 0.29) is 17.7 Å². The highest BCUT2D eigenvalue weighted by molar-refractivity contribution is 7.19. The Bertz CT molecular complexity index is 920. The van der Waals surface area contributed by atoms with Crippen LogP contribution >= 0.6 is 11.3 Å². The van der Waals surface area contributed by atoms with Crippen molar-refractivity contribution in [3.05, 3.63) is 24.2 Å². The van der Waals surface area contributed by atoms with Gasteiger partial charge in [0.1, 0.15) is 5.76 Å². The molecule has 0 radical (unpaired) electrons. The van der Waals surface area contributed by atoms with Crippen molar-refractivity contribution >= 4 is 33.4 Å². The zero-order valence-electron chi connectivity index (χ0n) is 19.8. The van der Waals surface area contributed by atoms with E-state index in [0.29, 0.717) is 44.3 Å². The summed E-state index contributed by atoms with van der Waals surface area (Å²) in [5.41, 5.74) is 0. The van der Waals surface area contributed by atoms with E-state index in [0.717, 1.165) is 56.2 Å². The number of carbonyl (C=O) groups is 2. The summed E-state index contributed by atoms with van der Waals surface area (Å²) in [5.74, 6) is 1.03. The van der Waals surface area contributed by atoms with Gasteiger partial charge in [0, 0.05) is 59.4 Å². The summed E-state index contributed by atoms with van der Waals surface area (Å²) in [6.45, 7) is 5.81. The first-order valence-corrected chi connectivity index (χ1v) is 12.9. The lowest BCUT2D eigenvalue weighted by Gasteiger charge is -2.31. The number of aromatic nitrogens is 2. The Morgan fingerprint density at radius 2 is 2.18 bits per heavy atom. The normalized spacial score (nSPS) is 18.8. The summed E-state index contributed by atoms with van der Waals surface area (Å²) in [6, 6.07) is 3.86. The van der Waals surface area contributed by atoms with Gasteiger partial charge < -0.3 is 19.4 Å². The molecule has 2 aromatic rings. The molecule has 1 N–H and O–H groups in total. The second-order valence-electron chi connectivity index (χ2n) is 8.79. The van der Waals surface area contributed by atoms with Crippen LogP contribution in [0.1, 0.15) is 37.9 Å². The molecule has 0 bridgehead atoms. The number of methoxy groups -OCH3 is 1. The fraction of sp³-hybridized carbons (Fsp3) is 0.652. The molecule has 11 heteroatoms. The van der Waals surface area contributed by atoms with Crippen LogP contribution in [0.2, 0.25) is 0 Å². The molecule has 10 nitrogen and oxygen atoms in total. The summed E-state index contributed by atoms with van der Waals surface area (Å²) >= 11 is 1.44. The molecule has 4 heterocycles. The number of nitrogens with one attached hydrogen (secondary N) is 1. The van der Waals surface area contributed by atoms with Crippen molar-refractivity contribution in [2.24, 2.45) is 5.92 Å². The number of hydrogen-bond acceptors (Lipinski definition) is 9. The van der Waals surface area contributed by atoms with Gasteiger partial charge in [-0.05, 0) is 37.8 Å². The van der Waals surface area contributed by atoms with Gasteiger partial charge in [-0.1, -0.05) is 11.3 Å². The predicted octanol–water partition coefficient (Wildman–Crippen LogP) is 2.13. The lowest BCUT2D eigenvalue weighted by atomic mass is 9.97. The van der Waals surface area contributed by atoms with Gasteiger partial charge in [0.25, 0.3) is 0 Å². The first kappa shape index (κ1) is 24.6. The van der Waals surface area contributed by atoms with E-state index >= 15 is 0 Å². The number of rotatable bonds is 12. The van der Waals surface area contributed by atoms with Crippen LogP contribution < -0.4 is 15.1 Å². The molecule has 2 amide bonds. The summed E-state index contributed by atoms with van der Waals surface area (Å²) in [7, 11) is 1.71. The summed E-state index contributed by atoms with van der Waals surface area (Å²) in [4.78, 5) is 31.0. The third-order valence-corrected chi connectivity index (χ3v) is 7.29. The Labute approximate surface area is 204 Å². The molecule has 0 unspecified atom stereocenters. The SMILES string of the molecule is COCCCN(CCNC(=O)[C@@H]1CCCN(c2nnc(N3CCCC3=O)s2)C1)Cc1ccco1. The molecule has 2 fully saturated rings. The Morgan fingerprint density at radius 3 is 2.94 bits per heavy atom. The first-order valence-electron chi connectivity index (χ1n) is 12.0. The molecule has 0 aliphatic carbocycles. The van der Waals surface area contributed by atoms with Crippen LogP contribution in [0.5, 0.6) is 0 Å². The van der Waals surface area contributed by atoms with Gasteiger partial charge in [0.2, 0.25) is 22.1 Å². The van der Waals surface area contributed by atoms with Crippen LogP contribution in [0.25, 0.3) is 0 Å². The summed E-state index contributed by atoms with van der Waals surface area (Å²) < 4.78 is 10.7. The summed E-state index contributed by atoms with van der Waals surface area (Å²) in [5, 5.41) is 13.1. The monoisotopic (exact) mass is 490 g/mol. The van der Waals surface area contributed by atoms with Gasteiger partial charge in [-0.15, -0.1) is 10.2 Å². The number of piperidine rings is 1. The fourth-order valence-corrected chi connectivity index (χ4v) is 5.39. The van der Waals surface area contributed by atoms with Crippen LogP contribution in [-0.2, 0) is 20.9 Å². The van der Waals surface area contributed by atoms with Crippen LogP contribution in [-0.4, -0.2) is 79.9 Å². The van der Waals surface area contributed by atoms with E-state index < -0.39 is 0 Å². The molecule has 2 saturated heterocycles. The highest BCUT2D eigenvalue weighted by Crippen LogP contribution is 2.32. The van der Waals surface area contributed by atoms with E-state index in [1.54, 1.807) is 18.3 Å². The number of anilines is 2. The van der Waals surface area contributed by atoms with Gasteiger partial charge in [-0.2, -0.15) is 0 Å². The van der Waals surface area contributed by atoms with Crippen molar-refractivity contribution in [2.45, 2.75) is 38.6 Å². The second kappa shape index (κ2) is 12.3. The quantitative estimate of drug-likeness (QED) is 0.451. The minimum Gasteiger partial charge on any atom is -0.468 e. The molecule has 186 valence electrons. The van der Waals surface area contributed by atoms with E-state index in [1.807, 2.05) is 12.1 Å². The van der Waals surface area contributed by atoms with Gasteiger partial charge in [0.05, 0.1) is 18.7 Å². The third-order valence-electron chi connectivity index (χ3n) is 6.28. The van der Waals surface area contributed by atoms with Crippen molar-refractivity contribution in [1.82, 2.24) is 20.4 Å². The molecule has 0 spiro atoms. The van der Waals surface area contributed by atoms with E-state index in [2.05, 4.69) is 25.3 Å². The molecule has 4 rings (SSSR count). The second-order valence-corrected chi connectivity index (χ2v) is 9.73. The van der Waals surface area contributed by atoms with Crippen molar-refractivity contribution in [1.29, 1.82) is 0 Å².